The van der Waals surface area contributed by atoms with E-state index in [4.69, 9.17) is 4.74 Å². The second-order valence-corrected chi connectivity index (χ2v) is 7.53. The third kappa shape index (κ3) is 5.24. The molecule has 2 atom stereocenters. The SMILES string of the molecule is CC[C@@H](c1ccccc1)[C@H](c1ccccc1)c1ccc(OCCN(C)C)cc1. The van der Waals surface area contributed by atoms with E-state index in [9.17, 15) is 0 Å². The molecule has 0 aliphatic rings. The molecule has 3 aromatic rings. The molecule has 0 bridgehead atoms. The highest BCUT2D eigenvalue weighted by Crippen LogP contribution is 2.40. The van der Waals surface area contributed by atoms with Gasteiger partial charge in [-0.05, 0) is 55.3 Å². The molecule has 2 heteroatoms. The molecule has 3 aromatic carbocycles. The first kappa shape index (κ1) is 20.2. The van der Waals surface area contributed by atoms with E-state index in [0.29, 0.717) is 18.4 Å². The van der Waals surface area contributed by atoms with Gasteiger partial charge in [0.15, 0.2) is 0 Å². The Morgan fingerprint density at radius 3 is 1.79 bits per heavy atom. The van der Waals surface area contributed by atoms with Gasteiger partial charge in [0.2, 0.25) is 0 Å². The third-order valence-corrected chi connectivity index (χ3v) is 5.28. The van der Waals surface area contributed by atoms with E-state index in [2.05, 4.69) is 111 Å². The van der Waals surface area contributed by atoms with Crippen molar-refractivity contribution in [3.05, 3.63) is 102 Å². The second-order valence-electron chi connectivity index (χ2n) is 7.53. The van der Waals surface area contributed by atoms with Crippen molar-refractivity contribution in [2.45, 2.75) is 25.2 Å². The molecule has 0 saturated carbocycles. The van der Waals surface area contributed by atoms with E-state index in [0.717, 1.165) is 18.7 Å². The zero-order chi connectivity index (χ0) is 19.8. The second kappa shape index (κ2) is 10.1. The predicted molar refractivity (Wildman–Crippen MR) is 118 cm³/mol. The van der Waals surface area contributed by atoms with Gasteiger partial charge in [-0.1, -0.05) is 79.7 Å². The molecule has 2 nitrogen and oxygen atoms in total. The minimum atomic E-state index is 0.324. The molecule has 0 heterocycles. The summed E-state index contributed by atoms with van der Waals surface area (Å²) in [5.74, 6) is 1.69. The maximum atomic E-state index is 5.89. The monoisotopic (exact) mass is 373 g/mol. The van der Waals surface area contributed by atoms with Crippen LogP contribution >= 0.6 is 0 Å². The third-order valence-electron chi connectivity index (χ3n) is 5.28. The molecule has 0 saturated heterocycles. The van der Waals surface area contributed by atoms with Crippen molar-refractivity contribution < 1.29 is 4.74 Å². The molecule has 0 spiro atoms. The topological polar surface area (TPSA) is 12.5 Å². The van der Waals surface area contributed by atoms with Crippen LogP contribution in [0.3, 0.4) is 0 Å². The number of rotatable bonds is 9. The summed E-state index contributed by atoms with van der Waals surface area (Å²) in [4.78, 5) is 2.13. The van der Waals surface area contributed by atoms with Gasteiger partial charge in [-0.3, -0.25) is 0 Å². The molecule has 0 N–H and O–H groups in total. The first-order chi connectivity index (χ1) is 13.7. The van der Waals surface area contributed by atoms with Gasteiger partial charge in [0, 0.05) is 12.5 Å². The lowest BCUT2D eigenvalue weighted by atomic mass is 9.76. The Morgan fingerprint density at radius 2 is 1.25 bits per heavy atom. The lowest BCUT2D eigenvalue weighted by molar-refractivity contribution is 0.261. The molecule has 0 aromatic heterocycles. The standard InChI is InChI=1S/C26H31NO/c1-4-25(21-11-7-5-8-12-21)26(22-13-9-6-10-14-22)23-15-17-24(18-16-23)28-20-19-27(2)3/h5-18,25-26H,4,19-20H2,1-3H3/t25-,26+/m0/s1. The molecule has 146 valence electrons. The van der Waals surface area contributed by atoms with E-state index < -0.39 is 0 Å². The molecular weight excluding hydrogens is 342 g/mol. The van der Waals surface area contributed by atoms with Gasteiger partial charge in [0.25, 0.3) is 0 Å². The van der Waals surface area contributed by atoms with E-state index in [-0.39, 0.29) is 0 Å². The van der Waals surface area contributed by atoms with E-state index in [1.165, 1.54) is 16.7 Å². The maximum absolute atomic E-state index is 5.89. The van der Waals surface area contributed by atoms with E-state index in [1.807, 2.05) is 0 Å². The van der Waals surface area contributed by atoms with Crippen molar-refractivity contribution in [2.24, 2.45) is 0 Å². The van der Waals surface area contributed by atoms with Crippen LogP contribution in [0.2, 0.25) is 0 Å². The van der Waals surface area contributed by atoms with Gasteiger partial charge < -0.3 is 9.64 Å². The molecule has 0 radical (unpaired) electrons. The number of hydrogen-bond acceptors (Lipinski definition) is 2. The van der Waals surface area contributed by atoms with Crippen LogP contribution in [0.5, 0.6) is 5.75 Å². The van der Waals surface area contributed by atoms with Gasteiger partial charge >= 0.3 is 0 Å². The Kier molecular flexibility index (Phi) is 7.27. The number of ether oxygens (including phenoxy) is 1. The van der Waals surface area contributed by atoms with Gasteiger partial charge in [-0.25, -0.2) is 0 Å². The van der Waals surface area contributed by atoms with E-state index >= 15 is 0 Å². The lowest BCUT2D eigenvalue weighted by Crippen LogP contribution is -2.19. The number of benzene rings is 3. The highest BCUT2D eigenvalue weighted by Gasteiger charge is 2.25. The summed E-state index contributed by atoms with van der Waals surface area (Å²) >= 11 is 0. The van der Waals surface area contributed by atoms with Crippen LogP contribution in [-0.2, 0) is 0 Å². The van der Waals surface area contributed by atoms with Crippen LogP contribution in [0.25, 0.3) is 0 Å². The van der Waals surface area contributed by atoms with Crippen LogP contribution in [0.1, 0.15) is 41.9 Å². The van der Waals surface area contributed by atoms with Crippen molar-refractivity contribution in [1.82, 2.24) is 4.90 Å². The van der Waals surface area contributed by atoms with Crippen molar-refractivity contribution >= 4 is 0 Å². The molecule has 0 unspecified atom stereocenters. The summed E-state index contributed by atoms with van der Waals surface area (Å²) in [7, 11) is 4.12. The fourth-order valence-electron chi connectivity index (χ4n) is 3.80. The molecule has 0 aliphatic carbocycles. The van der Waals surface area contributed by atoms with Crippen LogP contribution in [0.4, 0.5) is 0 Å². The van der Waals surface area contributed by atoms with Gasteiger partial charge in [0.05, 0.1) is 0 Å². The Morgan fingerprint density at radius 1 is 0.714 bits per heavy atom. The number of likely N-dealkylation sites (N-methyl/N-ethyl adjacent to an activating group) is 1. The summed E-state index contributed by atoms with van der Waals surface area (Å²) in [5.41, 5.74) is 4.09. The van der Waals surface area contributed by atoms with Gasteiger partial charge in [-0.15, -0.1) is 0 Å². The summed E-state index contributed by atoms with van der Waals surface area (Å²) in [6.45, 7) is 3.91. The highest BCUT2D eigenvalue weighted by atomic mass is 16.5. The quantitative estimate of drug-likeness (QED) is 0.459. The number of hydrogen-bond donors (Lipinski definition) is 0. The van der Waals surface area contributed by atoms with Gasteiger partial charge in [-0.2, -0.15) is 0 Å². The Hall–Kier alpha value is -2.58. The minimum absolute atomic E-state index is 0.324. The average Bonchev–Trinajstić information content (AvgIpc) is 2.73. The van der Waals surface area contributed by atoms with Crippen molar-refractivity contribution in [1.29, 1.82) is 0 Å². The van der Waals surface area contributed by atoms with Crippen LogP contribution < -0.4 is 4.74 Å². The van der Waals surface area contributed by atoms with Crippen molar-refractivity contribution in [2.75, 3.05) is 27.2 Å². The largest absolute Gasteiger partial charge is 0.492 e. The minimum Gasteiger partial charge on any atom is -0.492 e. The van der Waals surface area contributed by atoms with Crippen LogP contribution in [0.15, 0.2) is 84.9 Å². The Bertz CT molecular complexity index is 812. The summed E-state index contributed by atoms with van der Waals surface area (Å²) in [5, 5.41) is 0. The van der Waals surface area contributed by atoms with Crippen molar-refractivity contribution in [3.63, 3.8) is 0 Å². The summed E-state index contributed by atoms with van der Waals surface area (Å²) in [6, 6.07) is 30.4. The Labute approximate surface area is 169 Å². The molecule has 0 amide bonds. The van der Waals surface area contributed by atoms with Crippen molar-refractivity contribution in [3.8, 4) is 5.75 Å². The van der Waals surface area contributed by atoms with Crippen LogP contribution in [-0.4, -0.2) is 32.1 Å². The fourth-order valence-corrected chi connectivity index (χ4v) is 3.80. The number of nitrogens with zero attached hydrogens (tertiary/aromatic N) is 1. The van der Waals surface area contributed by atoms with Crippen LogP contribution in [0, 0.1) is 0 Å². The first-order valence-corrected chi connectivity index (χ1v) is 10.2. The molecule has 0 aliphatic heterocycles. The summed E-state index contributed by atoms with van der Waals surface area (Å²) < 4.78 is 5.89. The normalized spacial score (nSPS) is 13.3. The highest BCUT2D eigenvalue weighted by molar-refractivity contribution is 5.40. The average molecular weight is 374 g/mol. The molecule has 28 heavy (non-hydrogen) atoms. The fraction of sp³-hybridized carbons (Fsp3) is 0.308. The zero-order valence-electron chi connectivity index (χ0n) is 17.2. The smallest absolute Gasteiger partial charge is 0.119 e. The van der Waals surface area contributed by atoms with E-state index in [1.54, 1.807) is 0 Å². The van der Waals surface area contributed by atoms with Gasteiger partial charge in [0.1, 0.15) is 12.4 Å². The predicted octanol–water partition coefficient (Wildman–Crippen LogP) is 5.95. The Balaban J connectivity index is 1.89. The lowest BCUT2D eigenvalue weighted by Gasteiger charge is -2.28. The molecule has 0 fully saturated rings. The zero-order valence-corrected chi connectivity index (χ0v) is 17.2. The molecule has 3 rings (SSSR count). The summed E-state index contributed by atoms with van der Waals surface area (Å²) in [6.07, 6.45) is 1.09. The first-order valence-electron chi connectivity index (χ1n) is 10.2. The maximum Gasteiger partial charge on any atom is 0.119 e. The molecular formula is C26H31NO.